The second-order valence-electron chi connectivity index (χ2n) is 7.73. The van der Waals surface area contributed by atoms with Gasteiger partial charge in [-0.05, 0) is 49.5 Å². The molecule has 0 atom stereocenters. The van der Waals surface area contributed by atoms with E-state index in [0.717, 1.165) is 44.8 Å². The molecule has 2 heterocycles. The molecular weight excluding hydrogens is 389 g/mol. The molecule has 8 heteroatoms. The first-order chi connectivity index (χ1) is 14.9. The lowest BCUT2D eigenvalue weighted by molar-refractivity contribution is 0.425. The van der Waals surface area contributed by atoms with E-state index in [9.17, 15) is 10.0 Å². The van der Waals surface area contributed by atoms with Gasteiger partial charge >= 0.3 is 7.12 Å². The zero-order valence-corrected chi connectivity index (χ0v) is 17.9. The van der Waals surface area contributed by atoms with Gasteiger partial charge in [-0.1, -0.05) is 36.4 Å². The second-order valence-corrected chi connectivity index (χ2v) is 7.73. The highest BCUT2D eigenvalue weighted by Crippen LogP contribution is 2.27. The topological polar surface area (TPSA) is 109 Å². The first-order valence-electron chi connectivity index (χ1n) is 10.2. The fourth-order valence-electron chi connectivity index (χ4n) is 3.80. The van der Waals surface area contributed by atoms with Crippen LogP contribution < -0.4 is 16.5 Å². The molecule has 158 valence electrons. The fourth-order valence-corrected chi connectivity index (χ4v) is 3.80. The van der Waals surface area contributed by atoms with E-state index in [1.165, 1.54) is 0 Å². The van der Waals surface area contributed by atoms with E-state index in [1.54, 1.807) is 18.2 Å². The summed E-state index contributed by atoms with van der Waals surface area (Å²) >= 11 is 0. The van der Waals surface area contributed by atoms with E-state index in [1.807, 2.05) is 39.0 Å². The monoisotopic (exact) mass is 415 g/mol. The molecule has 4 rings (SSSR count). The van der Waals surface area contributed by atoms with Crippen LogP contribution in [0.3, 0.4) is 0 Å². The van der Waals surface area contributed by atoms with Crippen molar-refractivity contribution < 1.29 is 10.0 Å². The van der Waals surface area contributed by atoms with E-state index in [4.69, 9.17) is 15.7 Å². The van der Waals surface area contributed by atoms with Gasteiger partial charge in [0.15, 0.2) is 0 Å². The van der Waals surface area contributed by atoms with Crippen molar-refractivity contribution in [3.8, 4) is 5.95 Å². The molecule has 0 unspecified atom stereocenters. The van der Waals surface area contributed by atoms with E-state index in [0.29, 0.717) is 24.5 Å². The molecule has 5 N–H and O–H groups in total. The first-order valence-corrected chi connectivity index (χ1v) is 10.2. The predicted molar refractivity (Wildman–Crippen MR) is 125 cm³/mol. The lowest BCUT2D eigenvalue weighted by atomic mass is 9.80. The maximum absolute atomic E-state index is 9.41. The zero-order chi connectivity index (χ0) is 22.1. The Kier molecular flexibility index (Phi) is 5.78. The van der Waals surface area contributed by atoms with Crippen molar-refractivity contribution in [1.82, 2.24) is 14.5 Å². The Bertz CT molecular complexity index is 1250. The Hall–Kier alpha value is -3.20. The molecule has 0 aliphatic heterocycles. The molecule has 2 aromatic heterocycles. The number of aromatic nitrogens is 3. The average Bonchev–Trinajstić information content (AvgIpc) is 3.10. The summed E-state index contributed by atoms with van der Waals surface area (Å²) in [5, 5.41) is 23.3. The normalized spacial score (nSPS) is 11.2. The number of nitrogens with two attached hydrogens (primary N) is 1. The highest BCUT2D eigenvalue weighted by atomic mass is 16.4. The molecule has 0 bridgehead atoms. The van der Waals surface area contributed by atoms with Crippen molar-refractivity contribution in [3.05, 3.63) is 76.6 Å². The number of anilines is 1. The lowest BCUT2D eigenvalue weighted by Gasteiger charge is -2.15. The summed E-state index contributed by atoms with van der Waals surface area (Å²) in [5.74, 6) is 1.35. The molecule has 4 aromatic rings. The summed E-state index contributed by atoms with van der Waals surface area (Å²) in [7, 11) is -1.49. The quantitative estimate of drug-likeness (QED) is 0.359. The largest absolute Gasteiger partial charge is 0.488 e. The maximum atomic E-state index is 9.41. The second kappa shape index (κ2) is 8.51. The SMILES string of the molecule is Cc1nc(-n2c(C)cc3c(CN)cccc32)nc(NCc2cccc(B(O)O)c2)c1C. The number of aryl methyl sites for hydroxylation is 2. The molecule has 0 amide bonds. The molecule has 0 spiro atoms. The van der Waals surface area contributed by atoms with E-state index in [-0.39, 0.29) is 0 Å². The molecule has 0 radical (unpaired) electrons. The average molecular weight is 415 g/mol. The third kappa shape index (κ3) is 4.05. The predicted octanol–water partition coefficient (Wildman–Crippen LogP) is 2.10. The van der Waals surface area contributed by atoms with Gasteiger partial charge in [0.2, 0.25) is 5.95 Å². The lowest BCUT2D eigenvalue weighted by Crippen LogP contribution is -2.30. The van der Waals surface area contributed by atoms with Crippen LogP contribution in [0.1, 0.15) is 28.1 Å². The van der Waals surface area contributed by atoms with Crippen molar-refractivity contribution in [3.63, 3.8) is 0 Å². The van der Waals surface area contributed by atoms with Gasteiger partial charge in [0.05, 0.1) is 5.52 Å². The van der Waals surface area contributed by atoms with Crippen molar-refractivity contribution in [2.24, 2.45) is 5.73 Å². The van der Waals surface area contributed by atoms with Gasteiger partial charge in [0.25, 0.3) is 0 Å². The number of nitrogens with zero attached hydrogens (tertiary/aromatic N) is 3. The van der Waals surface area contributed by atoms with Crippen molar-refractivity contribution in [2.75, 3.05) is 5.32 Å². The van der Waals surface area contributed by atoms with Crippen molar-refractivity contribution in [2.45, 2.75) is 33.9 Å². The molecule has 0 fully saturated rings. The summed E-state index contributed by atoms with van der Waals surface area (Å²) in [6.07, 6.45) is 0. The van der Waals surface area contributed by atoms with Crippen LogP contribution in [0.15, 0.2) is 48.5 Å². The molecule has 0 saturated carbocycles. The van der Waals surface area contributed by atoms with Crippen LogP contribution in [0.4, 0.5) is 5.82 Å². The van der Waals surface area contributed by atoms with Crippen LogP contribution >= 0.6 is 0 Å². The first kappa shape index (κ1) is 21.1. The summed E-state index contributed by atoms with van der Waals surface area (Å²) in [6.45, 7) is 6.98. The molecule has 31 heavy (non-hydrogen) atoms. The molecule has 0 aliphatic carbocycles. The number of rotatable bonds is 6. The number of hydrogen-bond acceptors (Lipinski definition) is 6. The van der Waals surface area contributed by atoms with Crippen molar-refractivity contribution >= 4 is 29.3 Å². The van der Waals surface area contributed by atoms with Crippen LogP contribution in [-0.4, -0.2) is 31.7 Å². The van der Waals surface area contributed by atoms with Crippen LogP contribution in [-0.2, 0) is 13.1 Å². The Morgan fingerprint density at radius 1 is 1.03 bits per heavy atom. The minimum Gasteiger partial charge on any atom is -0.423 e. The summed E-state index contributed by atoms with van der Waals surface area (Å²) < 4.78 is 2.05. The smallest absolute Gasteiger partial charge is 0.423 e. The molecule has 0 aliphatic rings. The van der Waals surface area contributed by atoms with Crippen LogP contribution in [0.25, 0.3) is 16.9 Å². The summed E-state index contributed by atoms with van der Waals surface area (Å²) in [6, 6.07) is 15.4. The maximum Gasteiger partial charge on any atom is 0.488 e. The van der Waals surface area contributed by atoms with Gasteiger partial charge in [0.1, 0.15) is 5.82 Å². The Morgan fingerprint density at radius 2 is 1.81 bits per heavy atom. The third-order valence-corrected chi connectivity index (χ3v) is 5.63. The zero-order valence-electron chi connectivity index (χ0n) is 17.9. The third-order valence-electron chi connectivity index (χ3n) is 5.63. The molecule has 7 nitrogen and oxygen atoms in total. The van der Waals surface area contributed by atoms with E-state index >= 15 is 0 Å². The Morgan fingerprint density at radius 3 is 2.55 bits per heavy atom. The highest BCUT2D eigenvalue weighted by Gasteiger charge is 2.16. The van der Waals surface area contributed by atoms with Gasteiger partial charge in [-0.3, -0.25) is 4.57 Å². The standard InChI is InChI=1S/C23H26BN5O2/c1-14-10-20-18(12-25)7-5-9-21(20)29(14)23-27-16(3)15(2)22(28-23)26-13-17-6-4-8-19(11-17)24(30)31/h4-11,30-31H,12-13,25H2,1-3H3,(H,26,27,28). The van der Waals surface area contributed by atoms with Gasteiger partial charge in [-0.2, -0.15) is 4.98 Å². The number of fused-ring (bicyclic) bond motifs is 1. The van der Waals surface area contributed by atoms with Crippen LogP contribution in [0.5, 0.6) is 0 Å². The number of benzene rings is 2. The van der Waals surface area contributed by atoms with E-state index in [2.05, 4.69) is 22.0 Å². The highest BCUT2D eigenvalue weighted by molar-refractivity contribution is 6.58. The minimum absolute atomic E-state index is 0.459. The van der Waals surface area contributed by atoms with Gasteiger partial charge in [-0.25, -0.2) is 4.98 Å². The van der Waals surface area contributed by atoms with E-state index < -0.39 is 7.12 Å². The molecule has 2 aromatic carbocycles. The van der Waals surface area contributed by atoms with Crippen LogP contribution in [0, 0.1) is 20.8 Å². The number of hydrogen-bond donors (Lipinski definition) is 4. The Balaban J connectivity index is 1.72. The van der Waals surface area contributed by atoms with Crippen molar-refractivity contribution in [1.29, 1.82) is 0 Å². The Labute approximate surface area is 181 Å². The minimum atomic E-state index is -1.49. The summed E-state index contributed by atoms with van der Waals surface area (Å²) in [5.41, 5.74) is 12.3. The summed E-state index contributed by atoms with van der Waals surface area (Å²) in [4.78, 5) is 9.57. The molecular formula is C23H26BN5O2. The van der Waals surface area contributed by atoms with Crippen LogP contribution in [0.2, 0.25) is 0 Å². The fraction of sp³-hybridized carbons (Fsp3) is 0.217. The van der Waals surface area contributed by atoms with Gasteiger partial charge < -0.3 is 21.1 Å². The number of nitrogens with one attached hydrogen (secondary N) is 1. The van der Waals surface area contributed by atoms with Gasteiger partial charge in [0, 0.05) is 35.4 Å². The van der Waals surface area contributed by atoms with Gasteiger partial charge in [-0.15, -0.1) is 0 Å². The molecule has 0 saturated heterocycles.